The van der Waals surface area contributed by atoms with Crippen molar-refractivity contribution < 1.29 is 18.4 Å². The van der Waals surface area contributed by atoms with Crippen molar-refractivity contribution in [3.05, 3.63) is 165 Å². The second kappa shape index (κ2) is 23.3. The van der Waals surface area contributed by atoms with Gasteiger partial charge in [0.25, 0.3) is 0 Å². The van der Waals surface area contributed by atoms with Gasteiger partial charge in [0, 0.05) is 86.7 Å². The minimum absolute atomic E-state index is 0.0967. The second-order valence-electron chi connectivity index (χ2n) is 17.6. The molecule has 4 heterocycles. The van der Waals surface area contributed by atoms with Crippen molar-refractivity contribution in [1.82, 2.24) is 44.4 Å². The number of carbonyl (C=O) groups excluding carboxylic acids is 2. The highest BCUT2D eigenvalue weighted by Crippen LogP contribution is 2.35. The lowest BCUT2D eigenvalue weighted by atomic mass is 9.99. The zero-order chi connectivity index (χ0) is 52.3. The fourth-order valence-corrected chi connectivity index (χ4v) is 7.62. The van der Waals surface area contributed by atoms with E-state index in [0.29, 0.717) is 71.1 Å². The third-order valence-corrected chi connectivity index (χ3v) is 11.8. The number of anilines is 11. The van der Waals surface area contributed by atoms with Crippen molar-refractivity contribution in [2.45, 2.75) is 26.3 Å². The average Bonchev–Trinajstić information content (AvgIpc) is 4.04. The monoisotopic (exact) mass is 998 g/mol. The van der Waals surface area contributed by atoms with E-state index in [1.54, 1.807) is 42.7 Å². The van der Waals surface area contributed by atoms with Crippen LogP contribution in [0.25, 0.3) is 22.3 Å². The van der Waals surface area contributed by atoms with E-state index in [1.165, 1.54) is 42.0 Å². The Hall–Kier alpha value is -9.30. The molecule has 74 heavy (non-hydrogen) atoms. The molecule has 4 aromatic heterocycles. The van der Waals surface area contributed by atoms with Crippen molar-refractivity contribution in [3.8, 4) is 22.3 Å². The first-order valence-corrected chi connectivity index (χ1v) is 23.6. The van der Waals surface area contributed by atoms with Crippen LogP contribution in [-0.2, 0) is 23.2 Å². The highest BCUT2D eigenvalue weighted by Gasteiger charge is 2.18. The third kappa shape index (κ3) is 13.2. The van der Waals surface area contributed by atoms with Crippen LogP contribution in [0.4, 0.5) is 72.1 Å². The molecule has 0 saturated heterocycles. The molecule has 0 aliphatic carbocycles. The SMILES string of the molecule is C=CC(=O)Nc1ccc(F)c(Nc2nc(Nc3cnn(CCN(C)CCN(C)c4cccc(-c5cnc(Nc6cnn(C)c6)nc5Nc5cc(NC(=O)C=C)ccc5F)c4)c3)ncc2-c2ccc(C(C)C)cc2)c1. The van der Waals surface area contributed by atoms with Gasteiger partial charge in [-0.25, -0.2) is 18.7 Å². The molecule has 0 aliphatic heterocycles. The summed E-state index contributed by atoms with van der Waals surface area (Å²) in [6, 6.07) is 24.4. The highest BCUT2D eigenvalue weighted by molar-refractivity contribution is 6.00. The molecule has 378 valence electrons. The fraction of sp³-hybridized carbons (Fsp3) is 0.185. The first-order valence-electron chi connectivity index (χ1n) is 23.6. The Balaban J connectivity index is 0.918. The Labute approximate surface area is 427 Å². The van der Waals surface area contributed by atoms with E-state index in [0.717, 1.165) is 35.5 Å². The van der Waals surface area contributed by atoms with Crippen molar-refractivity contribution in [3.63, 3.8) is 0 Å². The lowest BCUT2D eigenvalue weighted by Crippen LogP contribution is -2.32. The Morgan fingerprint density at radius 3 is 1.77 bits per heavy atom. The molecule has 0 bridgehead atoms. The maximum atomic E-state index is 15.3. The van der Waals surface area contributed by atoms with Crippen LogP contribution >= 0.6 is 0 Å². The standard InChI is InChI=1S/C54H56F2N16O2/c1-8-49(73)61-38-17-19-45(55)47(26-38)65-51-43(36-15-13-35(14-16-36)34(3)4)30-57-54(67-51)64-41-29-60-72(33-41)24-22-69(5)21-23-70(6)42-12-10-11-37(25-42)44-31-58-53(63-40-28-59-71(7)32-40)68-52(44)66-48-27-39(18-20-46(48)56)62-50(74)9-2/h8-20,25-34H,1-2,21-24H2,3-7H3,(H,61,73)(H,62,74)(H2,57,64,65,67)(H2,58,63,66,68). The van der Waals surface area contributed by atoms with Gasteiger partial charge in [0.15, 0.2) is 0 Å². The van der Waals surface area contributed by atoms with Gasteiger partial charge in [-0.15, -0.1) is 0 Å². The predicted octanol–water partition coefficient (Wildman–Crippen LogP) is 10.2. The molecule has 0 atom stereocenters. The molecule has 0 unspecified atom stereocenters. The van der Waals surface area contributed by atoms with E-state index in [2.05, 4.69) is 88.9 Å². The molecule has 0 spiro atoms. The van der Waals surface area contributed by atoms with E-state index < -0.39 is 23.4 Å². The Morgan fingerprint density at radius 2 is 1.22 bits per heavy atom. The lowest BCUT2D eigenvalue weighted by Gasteiger charge is -2.24. The van der Waals surface area contributed by atoms with Gasteiger partial charge in [-0.05, 0) is 90.3 Å². The maximum absolute atomic E-state index is 15.3. The molecule has 0 fully saturated rings. The van der Waals surface area contributed by atoms with Gasteiger partial charge >= 0.3 is 0 Å². The van der Waals surface area contributed by atoms with E-state index in [-0.39, 0.29) is 23.3 Å². The van der Waals surface area contributed by atoms with Crippen LogP contribution in [0, 0.1) is 11.6 Å². The van der Waals surface area contributed by atoms with Gasteiger partial charge in [-0.1, -0.05) is 63.4 Å². The number of carbonyl (C=O) groups is 2. The molecule has 8 rings (SSSR count). The van der Waals surface area contributed by atoms with Gasteiger partial charge in [-0.2, -0.15) is 20.2 Å². The molecule has 0 aliphatic rings. The number of hydrogen-bond donors (Lipinski definition) is 6. The zero-order valence-corrected chi connectivity index (χ0v) is 41.6. The van der Waals surface area contributed by atoms with Gasteiger partial charge in [0.1, 0.15) is 23.3 Å². The zero-order valence-electron chi connectivity index (χ0n) is 41.6. The van der Waals surface area contributed by atoms with E-state index in [1.807, 2.05) is 73.5 Å². The second-order valence-corrected chi connectivity index (χ2v) is 17.6. The molecule has 6 N–H and O–H groups in total. The van der Waals surface area contributed by atoms with E-state index in [4.69, 9.17) is 9.97 Å². The minimum atomic E-state index is -0.546. The fourth-order valence-electron chi connectivity index (χ4n) is 7.62. The first-order chi connectivity index (χ1) is 35.7. The Morgan fingerprint density at radius 1 is 0.649 bits per heavy atom. The number of nitrogens with zero attached hydrogens (tertiary/aromatic N) is 10. The molecule has 4 aromatic carbocycles. The van der Waals surface area contributed by atoms with Crippen molar-refractivity contribution in [2.24, 2.45) is 7.05 Å². The number of amides is 2. The van der Waals surface area contributed by atoms with Gasteiger partial charge in [0.05, 0.1) is 41.7 Å². The smallest absolute Gasteiger partial charge is 0.247 e. The largest absolute Gasteiger partial charge is 0.373 e. The molecule has 0 radical (unpaired) electrons. The molecule has 8 aromatic rings. The number of hydrogen-bond acceptors (Lipinski definition) is 14. The molecular weight excluding hydrogens is 943 g/mol. The molecule has 18 nitrogen and oxygen atoms in total. The van der Waals surface area contributed by atoms with E-state index in [9.17, 15) is 9.59 Å². The summed E-state index contributed by atoms with van der Waals surface area (Å²) in [5.74, 6) is -0.380. The van der Waals surface area contributed by atoms with Gasteiger partial charge in [-0.3, -0.25) is 19.0 Å². The van der Waals surface area contributed by atoms with Crippen LogP contribution < -0.4 is 36.8 Å². The summed E-state index contributed by atoms with van der Waals surface area (Å²) in [6.07, 6.45) is 12.6. The van der Waals surface area contributed by atoms with Crippen LogP contribution in [-0.4, -0.2) is 89.9 Å². The minimum Gasteiger partial charge on any atom is -0.373 e. The molecule has 0 saturated carbocycles. The quantitative estimate of drug-likeness (QED) is 0.0351. The molecule has 2 amide bonds. The number of aryl methyl sites for hydroxylation is 1. The third-order valence-electron chi connectivity index (χ3n) is 11.8. The number of benzene rings is 4. The average molecular weight is 999 g/mol. The topological polar surface area (TPSA) is 200 Å². The lowest BCUT2D eigenvalue weighted by molar-refractivity contribution is -0.112. The van der Waals surface area contributed by atoms with Crippen molar-refractivity contribution in [1.29, 1.82) is 0 Å². The Kier molecular flexibility index (Phi) is 16.1. The summed E-state index contributed by atoms with van der Waals surface area (Å²) in [5.41, 5.74) is 7.30. The molecule has 20 heteroatoms. The van der Waals surface area contributed by atoms with Crippen molar-refractivity contribution in [2.75, 3.05) is 70.5 Å². The summed E-state index contributed by atoms with van der Waals surface area (Å²) < 4.78 is 34.0. The highest BCUT2D eigenvalue weighted by atomic mass is 19.1. The van der Waals surface area contributed by atoms with E-state index >= 15 is 8.78 Å². The van der Waals surface area contributed by atoms with Crippen LogP contribution in [0.15, 0.2) is 147 Å². The van der Waals surface area contributed by atoms with Crippen LogP contribution in [0.5, 0.6) is 0 Å². The summed E-state index contributed by atoms with van der Waals surface area (Å²) >= 11 is 0. The summed E-state index contributed by atoms with van der Waals surface area (Å²) in [4.78, 5) is 47.1. The van der Waals surface area contributed by atoms with Gasteiger partial charge in [0.2, 0.25) is 23.7 Å². The van der Waals surface area contributed by atoms with Crippen molar-refractivity contribution >= 4 is 75.2 Å². The predicted molar refractivity (Wildman–Crippen MR) is 289 cm³/mol. The normalized spacial score (nSPS) is 11.0. The summed E-state index contributed by atoms with van der Waals surface area (Å²) in [5, 5.41) is 26.8. The van der Waals surface area contributed by atoms with Crippen LogP contribution in [0.3, 0.4) is 0 Å². The summed E-state index contributed by atoms with van der Waals surface area (Å²) in [6.45, 7) is 14.0. The number of rotatable bonds is 22. The van der Waals surface area contributed by atoms with Crippen LogP contribution in [0.2, 0.25) is 0 Å². The van der Waals surface area contributed by atoms with Gasteiger partial charge < -0.3 is 41.7 Å². The number of likely N-dealkylation sites (N-methyl/N-ethyl adjacent to an activating group) is 2. The number of halogens is 2. The Bertz CT molecular complexity index is 3300. The summed E-state index contributed by atoms with van der Waals surface area (Å²) in [7, 11) is 5.86. The first kappa shape index (κ1) is 51.1. The molecular formula is C54H56F2N16O2. The number of nitrogens with one attached hydrogen (secondary N) is 6. The maximum Gasteiger partial charge on any atom is 0.247 e. The number of aromatic nitrogens is 8. The van der Waals surface area contributed by atoms with Crippen LogP contribution in [0.1, 0.15) is 25.3 Å².